The van der Waals surface area contributed by atoms with Crippen LogP contribution in [-0.4, -0.2) is 22.9 Å². The molecule has 0 aliphatic rings. The predicted molar refractivity (Wildman–Crippen MR) is 46.8 cm³/mol. The van der Waals surface area contributed by atoms with E-state index in [1.807, 2.05) is 0 Å². The van der Waals surface area contributed by atoms with E-state index in [0.29, 0.717) is 0 Å². The van der Waals surface area contributed by atoms with Crippen LogP contribution < -0.4 is 0 Å². The lowest BCUT2D eigenvalue weighted by atomic mass is 10.4. The zero-order valence-electron chi connectivity index (χ0n) is 6.68. The maximum Gasteiger partial charge on any atom is 0.292 e. The molecule has 1 rings (SSSR count). The van der Waals surface area contributed by atoms with Crippen molar-refractivity contribution < 1.29 is 13.0 Å². The normalized spacial score (nSPS) is 16.5. The van der Waals surface area contributed by atoms with E-state index in [-0.39, 0.29) is 5.82 Å². The monoisotopic (exact) mass is 222 g/mol. The van der Waals surface area contributed by atoms with Crippen LogP contribution in [0.1, 0.15) is 12.7 Å². The second-order valence-electron chi connectivity index (χ2n) is 2.46. The first-order valence-corrected chi connectivity index (χ1v) is 5.11. The molecular formula is C6H7ClN2O3S. The van der Waals surface area contributed by atoms with E-state index in [0.717, 1.165) is 6.92 Å². The maximum absolute atomic E-state index is 10.8. The molecule has 1 unspecified atom stereocenters. The first-order valence-electron chi connectivity index (χ1n) is 3.29. The molecule has 0 aliphatic carbocycles. The Kier molecular flexibility index (Phi) is 2.56. The molecule has 0 saturated heterocycles. The molecule has 5 nitrogen and oxygen atoms in total. The molecule has 0 radical (unpaired) electrons. The lowest BCUT2D eigenvalue weighted by Crippen LogP contribution is -2.28. The van der Waals surface area contributed by atoms with Gasteiger partial charge in [-0.1, -0.05) is 11.6 Å². The molecule has 7 heteroatoms. The Bertz CT molecular complexity index is 390. The van der Waals surface area contributed by atoms with Crippen LogP contribution in [0.3, 0.4) is 0 Å². The summed E-state index contributed by atoms with van der Waals surface area (Å²) in [7, 11) is -4.41. The Morgan fingerprint density at radius 1 is 1.46 bits per heavy atom. The van der Waals surface area contributed by atoms with Gasteiger partial charge in [0.1, 0.15) is 0 Å². The number of nitrogens with zero attached hydrogens (tertiary/aromatic N) is 2. The van der Waals surface area contributed by atoms with E-state index in [1.165, 1.54) is 18.5 Å². The quantitative estimate of drug-likeness (QED) is 0.591. The highest BCUT2D eigenvalue weighted by molar-refractivity contribution is 7.88. The van der Waals surface area contributed by atoms with Crippen molar-refractivity contribution in [1.82, 2.24) is 9.97 Å². The maximum atomic E-state index is 10.8. The molecule has 1 N–H and O–H groups in total. The lowest BCUT2D eigenvalue weighted by molar-refractivity contribution is 0.461. The fourth-order valence-electron chi connectivity index (χ4n) is 0.645. The summed E-state index contributed by atoms with van der Waals surface area (Å²) in [6.07, 6.45) is 2.68. The molecule has 1 aromatic rings. The Labute approximate surface area is 80.5 Å². The van der Waals surface area contributed by atoms with Crippen molar-refractivity contribution in [1.29, 1.82) is 0 Å². The van der Waals surface area contributed by atoms with Crippen molar-refractivity contribution in [3.8, 4) is 0 Å². The fourth-order valence-corrected chi connectivity index (χ4v) is 1.08. The second-order valence-corrected chi connectivity index (χ2v) is 5.21. The van der Waals surface area contributed by atoms with Crippen LogP contribution in [0.2, 0.25) is 0 Å². The Morgan fingerprint density at radius 2 is 1.92 bits per heavy atom. The van der Waals surface area contributed by atoms with Gasteiger partial charge in [-0.2, -0.15) is 8.42 Å². The van der Waals surface area contributed by atoms with Gasteiger partial charge in [-0.05, 0) is 13.0 Å². The molecule has 0 aliphatic heterocycles. The minimum atomic E-state index is -4.41. The van der Waals surface area contributed by atoms with Gasteiger partial charge in [-0.25, -0.2) is 9.97 Å². The van der Waals surface area contributed by atoms with Gasteiger partial charge in [0, 0.05) is 12.4 Å². The standard InChI is InChI=1S/C6H7ClN2O3S/c1-6(7,13(10,11)12)5-8-3-2-4-9-5/h2-4H,1H3,(H,10,11,12). The summed E-state index contributed by atoms with van der Waals surface area (Å²) < 4.78 is 28.4. The van der Waals surface area contributed by atoms with Crippen molar-refractivity contribution in [2.24, 2.45) is 0 Å². The highest BCUT2D eigenvalue weighted by Crippen LogP contribution is 2.30. The van der Waals surface area contributed by atoms with Crippen LogP contribution >= 0.6 is 11.6 Å². The molecule has 0 saturated carbocycles. The first kappa shape index (κ1) is 10.4. The largest absolute Gasteiger partial charge is 0.292 e. The van der Waals surface area contributed by atoms with E-state index in [2.05, 4.69) is 9.97 Å². The summed E-state index contributed by atoms with van der Waals surface area (Å²) in [5, 5.41) is 0. The summed E-state index contributed by atoms with van der Waals surface area (Å²) >= 11 is 5.57. The third-order valence-electron chi connectivity index (χ3n) is 1.45. The second kappa shape index (κ2) is 3.21. The summed E-state index contributed by atoms with van der Waals surface area (Å²) in [4.78, 5) is 7.27. The van der Waals surface area contributed by atoms with E-state index >= 15 is 0 Å². The summed E-state index contributed by atoms with van der Waals surface area (Å²) in [6, 6.07) is 1.51. The third-order valence-corrected chi connectivity index (χ3v) is 3.36. The molecule has 0 aromatic carbocycles. The molecule has 72 valence electrons. The average molecular weight is 223 g/mol. The van der Waals surface area contributed by atoms with Gasteiger partial charge in [0.2, 0.25) is 4.21 Å². The zero-order valence-corrected chi connectivity index (χ0v) is 8.25. The van der Waals surface area contributed by atoms with Gasteiger partial charge in [0.25, 0.3) is 10.1 Å². The van der Waals surface area contributed by atoms with Gasteiger partial charge in [-0.15, -0.1) is 0 Å². The predicted octanol–water partition coefficient (Wildman–Crippen LogP) is 0.776. The average Bonchev–Trinajstić information content (AvgIpc) is 2.04. The van der Waals surface area contributed by atoms with Gasteiger partial charge in [-0.3, -0.25) is 4.55 Å². The Balaban J connectivity index is 3.24. The molecule has 0 bridgehead atoms. The van der Waals surface area contributed by atoms with Crippen molar-refractivity contribution in [2.45, 2.75) is 11.1 Å². The van der Waals surface area contributed by atoms with Crippen LogP contribution in [0, 0.1) is 0 Å². The molecule has 0 spiro atoms. The van der Waals surface area contributed by atoms with Gasteiger partial charge < -0.3 is 0 Å². The SMILES string of the molecule is CC(Cl)(c1ncccn1)S(=O)(=O)O. The van der Waals surface area contributed by atoms with E-state index in [9.17, 15) is 8.42 Å². The molecule has 1 aromatic heterocycles. The molecule has 1 heterocycles. The van der Waals surface area contributed by atoms with Crippen LogP contribution in [0.25, 0.3) is 0 Å². The zero-order chi connectivity index (χ0) is 10.1. The molecule has 0 fully saturated rings. The topological polar surface area (TPSA) is 80.2 Å². The van der Waals surface area contributed by atoms with Gasteiger partial charge in [0.15, 0.2) is 5.82 Å². The molecule has 13 heavy (non-hydrogen) atoms. The molecule has 1 atom stereocenters. The number of alkyl halides is 1. The van der Waals surface area contributed by atoms with Crippen LogP contribution in [0.15, 0.2) is 18.5 Å². The highest BCUT2D eigenvalue weighted by atomic mass is 35.5. The number of aromatic nitrogens is 2. The first-order chi connectivity index (χ1) is 5.86. The van der Waals surface area contributed by atoms with Crippen LogP contribution in [-0.2, 0) is 14.3 Å². The van der Waals surface area contributed by atoms with Crippen molar-refractivity contribution in [3.63, 3.8) is 0 Å². The fraction of sp³-hybridized carbons (Fsp3) is 0.333. The number of rotatable bonds is 2. The number of halogens is 1. The summed E-state index contributed by atoms with van der Waals surface area (Å²) in [5.74, 6) is -0.154. The summed E-state index contributed by atoms with van der Waals surface area (Å²) in [6.45, 7) is 1.11. The minimum absolute atomic E-state index is 0.154. The molecule has 0 amide bonds. The lowest BCUT2D eigenvalue weighted by Gasteiger charge is -2.15. The van der Waals surface area contributed by atoms with E-state index in [1.54, 1.807) is 0 Å². The van der Waals surface area contributed by atoms with Gasteiger partial charge in [0.05, 0.1) is 0 Å². The third kappa shape index (κ3) is 1.96. The van der Waals surface area contributed by atoms with Crippen LogP contribution in [0.5, 0.6) is 0 Å². The van der Waals surface area contributed by atoms with E-state index in [4.69, 9.17) is 16.2 Å². The van der Waals surface area contributed by atoms with Crippen molar-refractivity contribution in [3.05, 3.63) is 24.3 Å². The van der Waals surface area contributed by atoms with Crippen molar-refractivity contribution >= 4 is 21.7 Å². The van der Waals surface area contributed by atoms with Gasteiger partial charge >= 0.3 is 0 Å². The molecular weight excluding hydrogens is 216 g/mol. The highest BCUT2D eigenvalue weighted by Gasteiger charge is 2.40. The van der Waals surface area contributed by atoms with E-state index < -0.39 is 14.3 Å². The number of hydrogen-bond acceptors (Lipinski definition) is 4. The smallest absolute Gasteiger partial charge is 0.284 e. The summed E-state index contributed by atoms with van der Waals surface area (Å²) in [5.41, 5.74) is 0. The van der Waals surface area contributed by atoms with Crippen molar-refractivity contribution in [2.75, 3.05) is 0 Å². The number of hydrogen-bond donors (Lipinski definition) is 1. The Hall–Kier alpha value is -0.720. The Morgan fingerprint density at radius 3 is 2.31 bits per heavy atom. The van der Waals surface area contributed by atoms with Crippen LogP contribution in [0.4, 0.5) is 0 Å². The minimum Gasteiger partial charge on any atom is -0.284 e.